The Kier molecular flexibility index (Phi) is 3.55. The molecule has 2 aromatic rings. The van der Waals surface area contributed by atoms with Crippen LogP contribution >= 0.6 is 0 Å². The molecule has 0 spiro atoms. The molecule has 19 heavy (non-hydrogen) atoms. The first-order valence-electron chi connectivity index (χ1n) is 5.33. The van der Waals surface area contributed by atoms with Crippen LogP contribution in [0.4, 0.5) is 14.7 Å². The number of hydrogen-bond donors (Lipinski definition) is 1. The van der Waals surface area contributed by atoms with Crippen LogP contribution in [-0.4, -0.2) is 19.4 Å². The molecule has 0 radical (unpaired) electrons. The first kappa shape index (κ1) is 13.1. The maximum Gasteiger partial charge on any atom is 0.267 e. The Morgan fingerprint density at radius 3 is 2.32 bits per heavy atom. The van der Waals surface area contributed by atoms with Crippen molar-refractivity contribution in [1.29, 1.82) is 0 Å². The lowest BCUT2D eigenvalue weighted by Gasteiger charge is -2.13. The van der Waals surface area contributed by atoms with Gasteiger partial charge in [0.1, 0.15) is 11.5 Å². The van der Waals surface area contributed by atoms with Gasteiger partial charge in [0.15, 0.2) is 0 Å². The van der Waals surface area contributed by atoms with Gasteiger partial charge in [-0.15, -0.1) is 0 Å². The third-order valence-electron chi connectivity index (χ3n) is 2.68. The molecule has 0 saturated carbocycles. The van der Waals surface area contributed by atoms with Crippen molar-refractivity contribution >= 4 is 5.88 Å². The van der Waals surface area contributed by atoms with Crippen LogP contribution in [0.5, 0.6) is 11.5 Å². The van der Waals surface area contributed by atoms with E-state index in [-0.39, 0.29) is 22.9 Å². The van der Waals surface area contributed by atoms with Crippen molar-refractivity contribution in [2.75, 3.05) is 20.0 Å². The number of nitrogens with zero attached hydrogens (tertiary/aromatic N) is 1. The summed E-state index contributed by atoms with van der Waals surface area (Å²) in [6.07, 6.45) is -1.29. The van der Waals surface area contributed by atoms with Gasteiger partial charge in [-0.1, -0.05) is 5.16 Å². The summed E-state index contributed by atoms with van der Waals surface area (Å²) >= 11 is 0. The lowest BCUT2D eigenvalue weighted by molar-refractivity contribution is 0.146. The van der Waals surface area contributed by atoms with Crippen LogP contribution in [0.1, 0.15) is 12.0 Å². The van der Waals surface area contributed by atoms with Crippen molar-refractivity contribution in [2.45, 2.75) is 6.43 Å². The molecule has 1 heterocycles. The molecule has 0 atom stereocenters. The summed E-state index contributed by atoms with van der Waals surface area (Å²) in [5.41, 5.74) is 6.29. The monoisotopic (exact) mass is 270 g/mol. The van der Waals surface area contributed by atoms with Crippen molar-refractivity contribution in [1.82, 2.24) is 5.16 Å². The topological polar surface area (TPSA) is 70.5 Å². The highest BCUT2D eigenvalue weighted by atomic mass is 19.3. The molecular formula is C12H12F2N2O3. The Balaban J connectivity index is 2.64. The number of rotatable bonds is 4. The van der Waals surface area contributed by atoms with Crippen LogP contribution in [0.2, 0.25) is 0 Å². The first-order valence-corrected chi connectivity index (χ1v) is 5.33. The quantitative estimate of drug-likeness (QED) is 0.924. The minimum atomic E-state index is -2.67. The summed E-state index contributed by atoms with van der Waals surface area (Å²) in [5.74, 6) is 0.363. The van der Waals surface area contributed by atoms with Crippen molar-refractivity contribution < 1.29 is 22.8 Å². The molecule has 0 aliphatic carbocycles. The Hall–Kier alpha value is -2.31. The van der Waals surface area contributed by atoms with Gasteiger partial charge >= 0.3 is 0 Å². The van der Waals surface area contributed by atoms with Gasteiger partial charge in [-0.2, -0.15) is 0 Å². The van der Waals surface area contributed by atoms with Crippen LogP contribution in [0.15, 0.2) is 22.9 Å². The third-order valence-corrected chi connectivity index (χ3v) is 2.68. The SMILES string of the molecule is COc1cc(C(F)F)c(OC)cc1-c1cnoc1N. The normalized spacial score (nSPS) is 10.8. The summed E-state index contributed by atoms with van der Waals surface area (Å²) in [7, 11) is 2.69. The summed E-state index contributed by atoms with van der Waals surface area (Å²) < 4.78 is 40.6. The maximum absolute atomic E-state index is 12.9. The van der Waals surface area contributed by atoms with E-state index in [2.05, 4.69) is 5.16 Å². The van der Waals surface area contributed by atoms with Crippen LogP contribution in [0.3, 0.4) is 0 Å². The zero-order chi connectivity index (χ0) is 14.0. The zero-order valence-corrected chi connectivity index (χ0v) is 10.3. The predicted molar refractivity (Wildman–Crippen MR) is 64.4 cm³/mol. The molecule has 102 valence electrons. The number of hydrogen-bond acceptors (Lipinski definition) is 5. The van der Waals surface area contributed by atoms with E-state index in [1.807, 2.05) is 0 Å². The van der Waals surface area contributed by atoms with Crippen molar-refractivity contribution in [3.8, 4) is 22.6 Å². The summed E-state index contributed by atoms with van der Waals surface area (Å²) in [6.45, 7) is 0. The minimum absolute atomic E-state index is 0.0476. The largest absolute Gasteiger partial charge is 0.496 e. The first-order chi connectivity index (χ1) is 9.08. The van der Waals surface area contributed by atoms with E-state index in [0.29, 0.717) is 11.1 Å². The smallest absolute Gasteiger partial charge is 0.267 e. The Morgan fingerprint density at radius 2 is 1.84 bits per heavy atom. The molecule has 0 unspecified atom stereocenters. The van der Waals surface area contributed by atoms with E-state index < -0.39 is 6.43 Å². The second-order valence-corrected chi connectivity index (χ2v) is 3.70. The second-order valence-electron chi connectivity index (χ2n) is 3.70. The molecule has 0 aliphatic rings. The fourth-order valence-electron chi connectivity index (χ4n) is 1.75. The number of nitrogens with two attached hydrogens (primary N) is 1. The van der Waals surface area contributed by atoms with E-state index in [4.69, 9.17) is 19.7 Å². The lowest BCUT2D eigenvalue weighted by atomic mass is 10.0. The maximum atomic E-state index is 12.9. The van der Waals surface area contributed by atoms with Crippen molar-refractivity contribution in [3.63, 3.8) is 0 Å². The number of ether oxygens (including phenoxy) is 2. The van der Waals surface area contributed by atoms with E-state index >= 15 is 0 Å². The zero-order valence-electron chi connectivity index (χ0n) is 10.3. The van der Waals surface area contributed by atoms with Crippen molar-refractivity contribution in [2.24, 2.45) is 0 Å². The van der Waals surface area contributed by atoms with E-state index in [9.17, 15) is 8.78 Å². The highest BCUT2D eigenvalue weighted by molar-refractivity contribution is 5.79. The highest BCUT2D eigenvalue weighted by Gasteiger charge is 2.21. The number of benzene rings is 1. The molecule has 0 amide bonds. The number of halogens is 2. The van der Waals surface area contributed by atoms with Gasteiger partial charge in [0, 0.05) is 5.56 Å². The van der Waals surface area contributed by atoms with Crippen LogP contribution in [0.25, 0.3) is 11.1 Å². The molecular weight excluding hydrogens is 258 g/mol. The van der Waals surface area contributed by atoms with Crippen LogP contribution < -0.4 is 15.2 Å². The second kappa shape index (κ2) is 5.13. The molecule has 1 aromatic carbocycles. The van der Waals surface area contributed by atoms with Gasteiger partial charge in [-0.05, 0) is 12.1 Å². The number of aromatic nitrogens is 1. The molecule has 0 aliphatic heterocycles. The summed E-state index contributed by atoms with van der Waals surface area (Å²) in [6, 6.07) is 2.63. The van der Waals surface area contributed by atoms with E-state index in [1.165, 1.54) is 32.5 Å². The fourth-order valence-corrected chi connectivity index (χ4v) is 1.75. The molecule has 5 nitrogen and oxygen atoms in total. The van der Waals surface area contributed by atoms with Gasteiger partial charge < -0.3 is 19.7 Å². The average molecular weight is 270 g/mol. The van der Waals surface area contributed by atoms with Crippen molar-refractivity contribution in [3.05, 3.63) is 23.9 Å². The predicted octanol–water partition coefficient (Wildman–Crippen LogP) is 2.88. The third kappa shape index (κ3) is 2.31. The van der Waals surface area contributed by atoms with Gasteiger partial charge in [-0.25, -0.2) is 8.78 Å². The van der Waals surface area contributed by atoms with E-state index in [1.54, 1.807) is 0 Å². The van der Waals surface area contributed by atoms with Gasteiger partial charge in [0.05, 0.1) is 31.5 Å². The highest BCUT2D eigenvalue weighted by Crippen LogP contribution is 2.41. The number of alkyl halides is 2. The fraction of sp³-hybridized carbons (Fsp3) is 0.250. The molecule has 0 fully saturated rings. The summed E-state index contributed by atoms with van der Waals surface area (Å²) in [4.78, 5) is 0. The lowest BCUT2D eigenvalue weighted by Crippen LogP contribution is -1.97. The van der Waals surface area contributed by atoms with E-state index in [0.717, 1.165) is 0 Å². The molecule has 2 N–H and O–H groups in total. The molecule has 0 saturated heterocycles. The van der Waals surface area contributed by atoms with Gasteiger partial charge in [0.25, 0.3) is 6.43 Å². The molecule has 1 aromatic heterocycles. The molecule has 0 bridgehead atoms. The molecule has 7 heteroatoms. The van der Waals surface area contributed by atoms with Gasteiger partial charge in [0.2, 0.25) is 5.88 Å². The van der Waals surface area contributed by atoms with Crippen LogP contribution in [0, 0.1) is 0 Å². The number of anilines is 1. The van der Waals surface area contributed by atoms with Crippen LogP contribution in [-0.2, 0) is 0 Å². The van der Waals surface area contributed by atoms with Gasteiger partial charge in [-0.3, -0.25) is 0 Å². The average Bonchev–Trinajstić information content (AvgIpc) is 2.83. The number of nitrogen functional groups attached to an aromatic ring is 1. The Bertz CT molecular complexity index is 584. The standard InChI is InChI=1S/C12H12F2N2O3/c1-17-9-4-7(11(13)14)10(18-2)3-6(9)8-5-16-19-12(8)15/h3-5,11H,15H2,1-2H3. The summed E-state index contributed by atoms with van der Waals surface area (Å²) in [5, 5.41) is 3.54. The Morgan fingerprint density at radius 1 is 1.16 bits per heavy atom. The minimum Gasteiger partial charge on any atom is -0.496 e. The molecule has 2 rings (SSSR count). The number of methoxy groups -OCH3 is 2. The Labute approximate surface area is 107 Å².